The lowest BCUT2D eigenvalue weighted by atomic mass is 9.67. The fourth-order valence-corrected chi connectivity index (χ4v) is 10.0. The summed E-state index contributed by atoms with van der Waals surface area (Å²) in [5.74, 6) is 0.801. The zero-order chi connectivity index (χ0) is 24.8. The molecule has 2 aliphatic carbocycles. The lowest BCUT2D eigenvalue weighted by Crippen LogP contribution is -2.56. The first-order chi connectivity index (χ1) is 17.5. The Balaban J connectivity index is 1.44. The van der Waals surface area contributed by atoms with Crippen molar-refractivity contribution in [1.29, 1.82) is 0 Å². The van der Waals surface area contributed by atoms with E-state index in [0.29, 0.717) is 16.9 Å². The molecule has 4 atom stereocenters. The summed E-state index contributed by atoms with van der Waals surface area (Å²) >= 11 is 0. The van der Waals surface area contributed by atoms with E-state index in [9.17, 15) is 0 Å². The maximum Gasteiger partial charge on any atom is 0.137 e. The number of nitrogens with zero attached hydrogens (tertiary/aromatic N) is 1. The van der Waals surface area contributed by atoms with E-state index in [4.69, 9.17) is 4.74 Å². The lowest BCUT2D eigenvalue weighted by Gasteiger charge is -2.53. The van der Waals surface area contributed by atoms with Crippen LogP contribution in [0.1, 0.15) is 64.7 Å². The Morgan fingerprint density at radius 3 is 2.17 bits per heavy atom. The summed E-state index contributed by atoms with van der Waals surface area (Å²) in [6.45, 7) is 9.66. The third-order valence-corrected chi connectivity index (χ3v) is 12.3. The van der Waals surface area contributed by atoms with Crippen LogP contribution in [0.25, 0.3) is 0 Å². The summed E-state index contributed by atoms with van der Waals surface area (Å²) in [5.41, 5.74) is 2.05. The molecule has 2 saturated carbocycles. The Kier molecular flexibility index (Phi) is 6.57. The van der Waals surface area contributed by atoms with Crippen LogP contribution >= 0.6 is 7.92 Å². The summed E-state index contributed by atoms with van der Waals surface area (Å²) in [5, 5.41) is 4.24. The summed E-state index contributed by atoms with van der Waals surface area (Å²) in [6.07, 6.45) is 6.79. The number of rotatable bonds is 7. The van der Waals surface area contributed by atoms with E-state index in [0.717, 1.165) is 12.5 Å². The Hall–Kier alpha value is -1.99. The van der Waals surface area contributed by atoms with Gasteiger partial charge < -0.3 is 4.74 Å². The molecular weight excluding hydrogens is 457 g/mol. The van der Waals surface area contributed by atoms with Crippen molar-refractivity contribution >= 4 is 23.8 Å². The van der Waals surface area contributed by atoms with Crippen LogP contribution in [0.5, 0.6) is 0 Å². The molecule has 36 heavy (non-hydrogen) atoms. The lowest BCUT2D eigenvalue weighted by molar-refractivity contribution is -0.213. The van der Waals surface area contributed by atoms with Crippen molar-refractivity contribution in [1.82, 2.24) is 4.90 Å². The molecule has 0 radical (unpaired) electrons. The van der Waals surface area contributed by atoms with E-state index in [-0.39, 0.29) is 6.23 Å². The highest BCUT2D eigenvalue weighted by Crippen LogP contribution is 2.68. The highest BCUT2D eigenvalue weighted by molar-refractivity contribution is 7.79. The van der Waals surface area contributed by atoms with Gasteiger partial charge in [0.15, 0.2) is 0 Å². The first-order valence-electron chi connectivity index (χ1n) is 13.9. The van der Waals surface area contributed by atoms with E-state index < -0.39 is 7.92 Å². The van der Waals surface area contributed by atoms with Gasteiger partial charge in [-0.05, 0) is 60.9 Å². The minimum Gasteiger partial charge on any atom is -0.355 e. The molecule has 0 N–H and O–H groups in total. The Bertz CT molecular complexity index is 1140. The molecule has 6 rings (SSSR count). The number of hydrogen-bond acceptors (Lipinski definition) is 2. The fraction of sp³-hybridized carbons (Fsp3) is 0.455. The molecule has 2 unspecified atom stereocenters. The summed E-state index contributed by atoms with van der Waals surface area (Å²) in [4.78, 5) is 2.72. The largest absolute Gasteiger partial charge is 0.355 e. The van der Waals surface area contributed by atoms with Gasteiger partial charge in [-0.1, -0.05) is 112 Å². The summed E-state index contributed by atoms with van der Waals surface area (Å²) < 4.78 is 7.27. The first-order valence-corrected chi connectivity index (χ1v) is 15.3. The monoisotopic (exact) mass is 497 g/mol. The van der Waals surface area contributed by atoms with Gasteiger partial charge in [0.2, 0.25) is 0 Å². The predicted octanol–water partition coefficient (Wildman–Crippen LogP) is 6.77. The van der Waals surface area contributed by atoms with Gasteiger partial charge in [-0.15, -0.1) is 0 Å². The van der Waals surface area contributed by atoms with E-state index in [1.807, 2.05) is 0 Å². The van der Waals surface area contributed by atoms with Gasteiger partial charge in [0.05, 0.1) is 6.10 Å². The first kappa shape index (κ1) is 24.4. The van der Waals surface area contributed by atoms with Gasteiger partial charge in [-0.25, -0.2) is 0 Å². The molecule has 1 heterocycles. The number of hydrogen-bond donors (Lipinski definition) is 0. The van der Waals surface area contributed by atoms with Gasteiger partial charge in [-0.3, -0.25) is 4.90 Å². The van der Waals surface area contributed by atoms with E-state index >= 15 is 0 Å². The van der Waals surface area contributed by atoms with Crippen molar-refractivity contribution in [2.45, 2.75) is 65.2 Å². The van der Waals surface area contributed by atoms with Crippen LogP contribution in [-0.2, 0) is 4.74 Å². The Morgan fingerprint density at radius 1 is 0.889 bits per heavy atom. The van der Waals surface area contributed by atoms with Crippen LogP contribution in [0, 0.1) is 16.7 Å². The van der Waals surface area contributed by atoms with Crippen LogP contribution in [0.2, 0.25) is 0 Å². The molecule has 1 spiro atoms. The van der Waals surface area contributed by atoms with Gasteiger partial charge in [0.25, 0.3) is 0 Å². The molecule has 1 saturated heterocycles. The van der Waals surface area contributed by atoms with Crippen LogP contribution in [0.3, 0.4) is 0 Å². The second-order valence-electron chi connectivity index (χ2n) is 11.7. The van der Waals surface area contributed by atoms with Gasteiger partial charge in [0.1, 0.15) is 6.23 Å². The Labute approximate surface area is 218 Å². The van der Waals surface area contributed by atoms with Crippen molar-refractivity contribution in [3.05, 3.63) is 90.5 Å². The van der Waals surface area contributed by atoms with Crippen molar-refractivity contribution in [3.63, 3.8) is 0 Å². The molecule has 3 aromatic carbocycles. The number of benzene rings is 3. The maximum atomic E-state index is 7.27. The summed E-state index contributed by atoms with van der Waals surface area (Å²) in [7, 11) is -0.671. The van der Waals surface area contributed by atoms with Crippen LogP contribution < -0.4 is 15.9 Å². The number of ether oxygens (including phenoxy) is 1. The molecule has 3 aliphatic rings. The Morgan fingerprint density at radius 2 is 1.53 bits per heavy atom. The normalized spacial score (nSPS) is 28.9. The molecule has 0 aromatic heterocycles. The third-order valence-electron chi connectivity index (χ3n) is 9.74. The van der Waals surface area contributed by atoms with Crippen LogP contribution in [-0.4, -0.2) is 24.1 Å². The molecule has 1 aliphatic heterocycles. The van der Waals surface area contributed by atoms with E-state index in [2.05, 4.69) is 111 Å². The standard InChI is InChI=1S/C33H40NOP/c1-4-5-22-34-24-33-21-20-25(32(33,2)3)23-30(33)35-31(34)28-18-12-13-19-29(28)36(26-14-8-6-9-15-26)27-16-10-7-11-17-27/h6-19,25,30-31H,4-5,20-24H2,1-3H3/t25-,30?,31?,33-/m1/s1. The summed E-state index contributed by atoms with van der Waals surface area (Å²) in [6, 6.07) is 31.4. The second-order valence-corrected chi connectivity index (χ2v) is 13.9. The molecular formula is C33H40NOP. The van der Waals surface area contributed by atoms with E-state index in [1.54, 1.807) is 0 Å². The SMILES string of the molecule is CCCCN1C[C@]23CC[C@H](CC2OC1c1ccccc1P(c1ccccc1)c1ccccc1)C3(C)C. The van der Waals surface area contributed by atoms with Crippen molar-refractivity contribution in [2.24, 2.45) is 16.7 Å². The minimum atomic E-state index is -0.671. The third kappa shape index (κ3) is 3.89. The quantitative estimate of drug-likeness (QED) is 0.334. The van der Waals surface area contributed by atoms with Gasteiger partial charge in [0, 0.05) is 24.1 Å². The van der Waals surface area contributed by atoms with Crippen LogP contribution in [0.15, 0.2) is 84.9 Å². The van der Waals surface area contributed by atoms with Gasteiger partial charge in [-0.2, -0.15) is 0 Å². The minimum absolute atomic E-state index is 0.0379. The van der Waals surface area contributed by atoms with Crippen molar-refractivity contribution in [2.75, 3.05) is 13.1 Å². The molecule has 3 aromatic rings. The fourth-order valence-electron chi connectivity index (χ4n) is 7.56. The topological polar surface area (TPSA) is 12.5 Å². The average Bonchev–Trinajstić information content (AvgIpc) is 3.28. The molecule has 3 heteroatoms. The molecule has 188 valence electrons. The zero-order valence-electron chi connectivity index (χ0n) is 22.1. The molecule has 3 fully saturated rings. The predicted molar refractivity (Wildman–Crippen MR) is 153 cm³/mol. The molecule has 2 bridgehead atoms. The smallest absolute Gasteiger partial charge is 0.137 e. The average molecular weight is 498 g/mol. The highest BCUT2D eigenvalue weighted by atomic mass is 31.1. The van der Waals surface area contributed by atoms with Crippen LogP contribution in [0.4, 0.5) is 0 Å². The number of fused-ring (bicyclic) bond motifs is 1. The second kappa shape index (κ2) is 9.71. The van der Waals surface area contributed by atoms with Gasteiger partial charge >= 0.3 is 0 Å². The molecule has 2 nitrogen and oxygen atoms in total. The zero-order valence-corrected chi connectivity index (χ0v) is 23.0. The maximum absolute atomic E-state index is 7.27. The van der Waals surface area contributed by atoms with E-state index in [1.165, 1.54) is 60.1 Å². The van der Waals surface area contributed by atoms with Crippen molar-refractivity contribution < 1.29 is 4.74 Å². The highest BCUT2D eigenvalue weighted by Gasteiger charge is 2.67. The number of unbranched alkanes of at least 4 members (excludes halogenated alkanes) is 1. The van der Waals surface area contributed by atoms with Crippen molar-refractivity contribution in [3.8, 4) is 0 Å². The molecule has 0 amide bonds.